The molecule has 0 spiro atoms. The Bertz CT molecular complexity index is 540. The van der Waals surface area contributed by atoms with Crippen LogP contribution in [0.2, 0.25) is 5.02 Å². The molecule has 2 aliphatic rings. The summed E-state index contributed by atoms with van der Waals surface area (Å²) in [5.74, 6) is 1.31. The summed E-state index contributed by atoms with van der Waals surface area (Å²) in [6.45, 7) is 2.44. The molecule has 0 aromatic heterocycles. The summed E-state index contributed by atoms with van der Waals surface area (Å²) in [6, 6.07) is 8.66. The molecule has 126 valence electrons. The van der Waals surface area contributed by atoms with E-state index < -0.39 is 0 Å². The molecule has 1 aromatic rings. The first kappa shape index (κ1) is 16.6. The lowest BCUT2D eigenvalue weighted by Crippen LogP contribution is -2.40. The minimum Gasteiger partial charge on any atom is -0.487 e. The highest BCUT2D eigenvalue weighted by molar-refractivity contribution is 6.32. The van der Waals surface area contributed by atoms with Crippen LogP contribution in [-0.4, -0.2) is 30.6 Å². The molecule has 1 aromatic carbocycles. The number of rotatable bonds is 6. The Balaban J connectivity index is 1.39. The normalized spacial score (nSPS) is 27.5. The second-order valence-electron chi connectivity index (χ2n) is 6.84. The topological polar surface area (TPSA) is 50.4 Å². The third kappa shape index (κ3) is 4.61. The number of amides is 1. The van der Waals surface area contributed by atoms with Gasteiger partial charge in [0, 0.05) is 18.5 Å². The van der Waals surface area contributed by atoms with Gasteiger partial charge in [0.2, 0.25) is 5.91 Å². The third-order valence-corrected chi connectivity index (χ3v) is 5.11. The van der Waals surface area contributed by atoms with Crippen molar-refractivity contribution in [2.45, 2.75) is 57.2 Å². The highest BCUT2D eigenvalue weighted by Gasteiger charge is 2.34. The molecule has 4 nitrogen and oxygen atoms in total. The van der Waals surface area contributed by atoms with Crippen LogP contribution < -0.4 is 15.4 Å². The maximum atomic E-state index is 12.2. The number of piperidine rings is 1. The number of carbonyl (C=O) groups is 1. The van der Waals surface area contributed by atoms with E-state index in [0.29, 0.717) is 41.7 Å². The summed E-state index contributed by atoms with van der Waals surface area (Å²) in [5, 5.41) is 7.20. The molecular weight excluding hydrogens is 312 g/mol. The lowest BCUT2D eigenvalue weighted by molar-refractivity contribution is -0.122. The number of hydrogen-bond acceptors (Lipinski definition) is 3. The first-order valence-electron chi connectivity index (χ1n) is 8.54. The van der Waals surface area contributed by atoms with Crippen LogP contribution in [0.1, 0.15) is 39.0 Å². The summed E-state index contributed by atoms with van der Waals surface area (Å²) >= 11 is 6.07. The van der Waals surface area contributed by atoms with Crippen molar-refractivity contribution < 1.29 is 9.53 Å². The quantitative estimate of drug-likeness (QED) is 0.839. The fourth-order valence-corrected chi connectivity index (χ4v) is 3.91. The van der Waals surface area contributed by atoms with Crippen LogP contribution in [0.4, 0.5) is 0 Å². The van der Waals surface area contributed by atoms with Gasteiger partial charge >= 0.3 is 0 Å². The van der Waals surface area contributed by atoms with Gasteiger partial charge in [0.05, 0.1) is 11.6 Å². The number of nitrogens with one attached hydrogen (secondary N) is 2. The molecule has 2 bridgehead atoms. The first-order chi connectivity index (χ1) is 11.1. The Morgan fingerprint density at radius 2 is 2.04 bits per heavy atom. The highest BCUT2D eigenvalue weighted by Crippen LogP contribution is 2.32. The van der Waals surface area contributed by atoms with Gasteiger partial charge < -0.3 is 15.4 Å². The molecule has 3 atom stereocenters. The Morgan fingerprint density at radius 1 is 1.35 bits per heavy atom. The number of hydrogen-bond donors (Lipinski definition) is 2. The average Bonchev–Trinajstić information content (AvgIpc) is 2.86. The summed E-state index contributed by atoms with van der Waals surface area (Å²) in [4.78, 5) is 12.2. The number of ether oxygens (including phenoxy) is 1. The lowest BCUT2D eigenvalue weighted by atomic mass is 9.89. The summed E-state index contributed by atoms with van der Waals surface area (Å²) < 4.78 is 5.77. The number of fused-ring (bicyclic) bond motifs is 2. The predicted molar refractivity (Wildman–Crippen MR) is 91.8 cm³/mol. The number of carbonyl (C=O) groups excluding carboxylic acids is 1. The summed E-state index contributed by atoms with van der Waals surface area (Å²) in [5.41, 5.74) is 0. The van der Waals surface area contributed by atoms with Crippen LogP contribution in [-0.2, 0) is 4.79 Å². The van der Waals surface area contributed by atoms with Gasteiger partial charge in [-0.2, -0.15) is 0 Å². The maximum absolute atomic E-state index is 12.2. The fourth-order valence-electron chi connectivity index (χ4n) is 3.73. The van der Waals surface area contributed by atoms with E-state index in [2.05, 4.69) is 10.6 Å². The second-order valence-corrected chi connectivity index (χ2v) is 7.25. The van der Waals surface area contributed by atoms with Gasteiger partial charge in [0.25, 0.3) is 0 Å². The van der Waals surface area contributed by atoms with E-state index in [-0.39, 0.29) is 12.0 Å². The van der Waals surface area contributed by atoms with E-state index in [4.69, 9.17) is 16.3 Å². The molecule has 2 aliphatic heterocycles. The standard InChI is InChI=1S/C18H25ClN2O2/c1-12(23-17-5-3-2-4-16(17)19)11-20-18(22)10-13-8-14-6-7-15(9-13)21-14/h2-5,12-15,21H,6-11H2,1H3,(H,20,22). The van der Waals surface area contributed by atoms with Crippen molar-refractivity contribution in [3.63, 3.8) is 0 Å². The van der Waals surface area contributed by atoms with E-state index in [1.165, 1.54) is 12.8 Å². The monoisotopic (exact) mass is 336 g/mol. The minimum absolute atomic E-state index is 0.108. The Kier molecular flexibility index (Phi) is 5.44. The highest BCUT2D eigenvalue weighted by atomic mass is 35.5. The van der Waals surface area contributed by atoms with Crippen LogP contribution >= 0.6 is 11.6 Å². The number of para-hydroxylation sites is 1. The van der Waals surface area contributed by atoms with E-state index in [0.717, 1.165) is 12.8 Å². The number of halogens is 1. The van der Waals surface area contributed by atoms with Gasteiger partial charge in [-0.3, -0.25) is 4.79 Å². The molecule has 5 heteroatoms. The largest absolute Gasteiger partial charge is 0.487 e. The van der Waals surface area contributed by atoms with Gasteiger partial charge in [0.1, 0.15) is 11.9 Å². The van der Waals surface area contributed by atoms with Crippen LogP contribution in [0.3, 0.4) is 0 Å². The summed E-state index contributed by atoms with van der Waals surface area (Å²) in [7, 11) is 0. The maximum Gasteiger partial charge on any atom is 0.220 e. The molecule has 0 saturated carbocycles. The first-order valence-corrected chi connectivity index (χ1v) is 8.92. The van der Waals surface area contributed by atoms with E-state index in [1.54, 1.807) is 6.07 Å². The third-order valence-electron chi connectivity index (χ3n) is 4.80. The van der Waals surface area contributed by atoms with Gasteiger partial charge in [-0.15, -0.1) is 0 Å². The molecule has 2 heterocycles. The molecular formula is C18H25ClN2O2. The fraction of sp³-hybridized carbons (Fsp3) is 0.611. The molecule has 2 saturated heterocycles. The molecule has 2 N–H and O–H groups in total. The van der Waals surface area contributed by atoms with Crippen molar-refractivity contribution in [1.82, 2.24) is 10.6 Å². The summed E-state index contributed by atoms with van der Waals surface area (Å²) in [6.07, 6.45) is 5.33. The minimum atomic E-state index is -0.108. The zero-order chi connectivity index (χ0) is 16.2. The van der Waals surface area contributed by atoms with Crippen LogP contribution in [0.25, 0.3) is 0 Å². The van der Waals surface area contributed by atoms with Crippen molar-refractivity contribution in [2.75, 3.05) is 6.54 Å². The van der Waals surface area contributed by atoms with E-state index >= 15 is 0 Å². The average molecular weight is 337 g/mol. The van der Waals surface area contributed by atoms with Crippen LogP contribution in [0.15, 0.2) is 24.3 Å². The van der Waals surface area contributed by atoms with Crippen molar-refractivity contribution in [1.29, 1.82) is 0 Å². The Morgan fingerprint density at radius 3 is 2.74 bits per heavy atom. The molecule has 0 radical (unpaired) electrons. The number of benzene rings is 1. The zero-order valence-electron chi connectivity index (χ0n) is 13.6. The van der Waals surface area contributed by atoms with Crippen LogP contribution in [0, 0.1) is 5.92 Å². The van der Waals surface area contributed by atoms with Gasteiger partial charge in [-0.25, -0.2) is 0 Å². The molecule has 2 fully saturated rings. The van der Waals surface area contributed by atoms with Crippen molar-refractivity contribution >= 4 is 17.5 Å². The molecule has 1 amide bonds. The van der Waals surface area contributed by atoms with Gasteiger partial charge in [-0.05, 0) is 50.7 Å². The van der Waals surface area contributed by atoms with E-state index in [1.807, 2.05) is 25.1 Å². The Labute approximate surface area is 142 Å². The van der Waals surface area contributed by atoms with E-state index in [9.17, 15) is 4.79 Å². The molecule has 3 unspecified atom stereocenters. The zero-order valence-corrected chi connectivity index (χ0v) is 14.3. The van der Waals surface area contributed by atoms with Gasteiger partial charge in [0.15, 0.2) is 0 Å². The molecule has 3 rings (SSSR count). The predicted octanol–water partition coefficient (Wildman–Crippen LogP) is 3.14. The van der Waals surface area contributed by atoms with Crippen molar-refractivity contribution in [3.8, 4) is 5.75 Å². The SMILES string of the molecule is CC(CNC(=O)CC1CC2CCC(C1)N2)Oc1ccccc1Cl. The molecule has 0 aliphatic carbocycles. The molecule has 23 heavy (non-hydrogen) atoms. The Hall–Kier alpha value is -1.26. The van der Waals surface area contributed by atoms with Crippen LogP contribution in [0.5, 0.6) is 5.75 Å². The lowest BCUT2D eigenvalue weighted by Gasteiger charge is -2.28. The van der Waals surface area contributed by atoms with Crippen molar-refractivity contribution in [2.24, 2.45) is 5.92 Å². The smallest absolute Gasteiger partial charge is 0.220 e. The van der Waals surface area contributed by atoms with Gasteiger partial charge in [-0.1, -0.05) is 23.7 Å². The second kappa shape index (κ2) is 7.54. The van der Waals surface area contributed by atoms with Crippen molar-refractivity contribution in [3.05, 3.63) is 29.3 Å².